The van der Waals surface area contributed by atoms with Gasteiger partial charge in [-0.3, -0.25) is 19.7 Å². The molecule has 0 spiro atoms. The molecule has 1 aromatic carbocycles. The lowest BCUT2D eigenvalue weighted by atomic mass is 10.1. The van der Waals surface area contributed by atoms with Crippen molar-refractivity contribution in [3.05, 3.63) is 39.4 Å². The zero-order chi connectivity index (χ0) is 14.6. The second-order valence-corrected chi connectivity index (χ2v) is 3.40. The molecule has 0 saturated heterocycles. The minimum Gasteiger partial charge on any atom is -0.358 e. The number of nitro groups is 1. The van der Waals surface area contributed by atoms with Gasteiger partial charge in [-0.2, -0.15) is 0 Å². The van der Waals surface area contributed by atoms with Gasteiger partial charge in [0.05, 0.1) is 17.5 Å². The number of nitrogens with zero attached hydrogens (tertiary/aromatic N) is 1. The Morgan fingerprint density at radius 1 is 1.32 bits per heavy atom. The van der Waals surface area contributed by atoms with Crippen molar-refractivity contribution >= 4 is 17.5 Å². The Hall–Kier alpha value is -2.58. The second-order valence-electron chi connectivity index (χ2n) is 3.40. The van der Waals surface area contributed by atoms with Crippen molar-refractivity contribution in [3.8, 4) is 0 Å². The van der Waals surface area contributed by atoms with Gasteiger partial charge < -0.3 is 10.6 Å². The van der Waals surface area contributed by atoms with Crippen molar-refractivity contribution in [1.82, 2.24) is 10.6 Å². The Morgan fingerprint density at radius 2 is 1.89 bits per heavy atom. The third-order valence-electron chi connectivity index (χ3n) is 2.17. The molecule has 0 bridgehead atoms. The van der Waals surface area contributed by atoms with Crippen molar-refractivity contribution in [2.45, 2.75) is 0 Å². The highest BCUT2D eigenvalue weighted by atomic mass is 19.2. The predicted octanol–water partition coefficient (Wildman–Crippen LogP) is 0.349. The van der Waals surface area contributed by atoms with E-state index in [2.05, 4.69) is 5.32 Å². The third-order valence-corrected chi connectivity index (χ3v) is 2.17. The molecule has 1 aromatic rings. The molecule has 0 atom stereocenters. The summed E-state index contributed by atoms with van der Waals surface area (Å²) in [5, 5.41) is 14.9. The number of benzene rings is 1. The van der Waals surface area contributed by atoms with Crippen LogP contribution in [0.2, 0.25) is 0 Å². The van der Waals surface area contributed by atoms with Gasteiger partial charge in [0, 0.05) is 7.05 Å². The van der Waals surface area contributed by atoms with Gasteiger partial charge in [0.2, 0.25) is 5.91 Å². The zero-order valence-corrected chi connectivity index (χ0v) is 9.70. The number of likely N-dealkylation sites (N-methyl/N-ethyl adjacent to an activating group) is 1. The maximum atomic E-state index is 13.0. The number of hydrogen-bond donors (Lipinski definition) is 2. The standard InChI is InChI=1S/C10H9F2N3O4/c1-13-9(16)4-14-10(17)5-2-6(11)7(12)3-8(5)15(18)19/h2-3H,4H2,1H3,(H,13,16)(H,14,17). The molecule has 0 aliphatic carbocycles. The number of carbonyl (C=O) groups excluding carboxylic acids is 2. The van der Waals surface area contributed by atoms with Gasteiger partial charge in [-0.1, -0.05) is 0 Å². The maximum absolute atomic E-state index is 13.0. The van der Waals surface area contributed by atoms with Gasteiger partial charge in [-0.15, -0.1) is 0 Å². The maximum Gasteiger partial charge on any atom is 0.285 e. The predicted molar refractivity (Wildman–Crippen MR) is 59.4 cm³/mol. The molecule has 0 aromatic heterocycles. The molecule has 0 fully saturated rings. The number of carbonyl (C=O) groups is 2. The molecule has 7 nitrogen and oxygen atoms in total. The van der Waals surface area contributed by atoms with Crippen LogP contribution < -0.4 is 10.6 Å². The van der Waals surface area contributed by atoms with Gasteiger partial charge in [0.15, 0.2) is 11.6 Å². The number of rotatable bonds is 4. The Labute approximate surface area is 105 Å². The molecule has 2 N–H and O–H groups in total. The van der Waals surface area contributed by atoms with E-state index in [1.807, 2.05) is 5.32 Å². The molecule has 0 aliphatic rings. The minimum atomic E-state index is -1.44. The highest BCUT2D eigenvalue weighted by Crippen LogP contribution is 2.22. The van der Waals surface area contributed by atoms with Crippen LogP contribution in [0.5, 0.6) is 0 Å². The number of hydrogen-bond acceptors (Lipinski definition) is 4. The molecule has 0 saturated carbocycles. The van der Waals surface area contributed by atoms with E-state index in [1.54, 1.807) is 0 Å². The van der Waals surface area contributed by atoms with Crippen molar-refractivity contribution in [3.63, 3.8) is 0 Å². The summed E-state index contributed by atoms with van der Waals surface area (Å²) < 4.78 is 25.9. The average Bonchev–Trinajstić information content (AvgIpc) is 2.37. The van der Waals surface area contributed by atoms with Gasteiger partial charge in [-0.05, 0) is 6.07 Å². The summed E-state index contributed by atoms with van der Waals surface area (Å²) in [6, 6.07) is 0.719. The Bertz CT molecular complexity index is 548. The van der Waals surface area contributed by atoms with Crippen LogP contribution in [0.3, 0.4) is 0 Å². The van der Waals surface area contributed by atoms with E-state index in [1.165, 1.54) is 7.05 Å². The lowest BCUT2D eigenvalue weighted by Gasteiger charge is -2.05. The summed E-state index contributed by atoms with van der Waals surface area (Å²) in [6.07, 6.45) is 0. The van der Waals surface area contributed by atoms with Crippen LogP contribution in [-0.2, 0) is 4.79 Å². The summed E-state index contributed by atoms with van der Waals surface area (Å²) in [6.45, 7) is -0.439. The van der Waals surface area contributed by atoms with Crippen LogP contribution in [0.15, 0.2) is 12.1 Å². The van der Waals surface area contributed by atoms with Gasteiger partial charge in [0.25, 0.3) is 11.6 Å². The van der Waals surface area contributed by atoms with Crippen molar-refractivity contribution in [2.75, 3.05) is 13.6 Å². The monoisotopic (exact) mass is 273 g/mol. The molecular formula is C10H9F2N3O4. The number of amides is 2. The van der Waals surface area contributed by atoms with E-state index >= 15 is 0 Å². The molecule has 2 amide bonds. The molecule has 0 radical (unpaired) electrons. The summed E-state index contributed by atoms with van der Waals surface area (Å²) in [5.41, 5.74) is -1.54. The third kappa shape index (κ3) is 3.44. The van der Waals surface area contributed by atoms with Crippen molar-refractivity contribution in [1.29, 1.82) is 0 Å². The van der Waals surface area contributed by atoms with Crippen LogP contribution in [0, 0.1) is 21.7 Å². The highest BCUT2D eigenvalue weighted by Gasteiger charge is 2.24. The minimum absolute atomic E-state index is 0.310. The number of halogens is 2. The largest absolute Gasteiger partial charge is 0.358 e. The van der Waals surface area contributed by atoms with E-state index in [0.29, 0.717) is 12.1 Å². The highest BCUT2D eigenvalue weighted by molar-refractivity contribution is 5.99. The van der Waals surface area contributed by atoms with Crippen molar-refractivity contribution in [2.24, 2.45) is 0 Å². The second kappa shape index (κ2) is 5.85. The van der Waals surface area contributed by atoms with Gasteiger partial charge in [-0.25, -0.2) is 8.78 Å². The van der Waals surface area contributed by atoms with E-state index in [4.69, 9.17) is 0 Å². The fraction of sp³-hybridized carbons (Fsp3) is 0.200. The summed E-state index contributed by atoms with van der Waals surface area (Å²) in [5.74, 6) is -4.42. The van der Waals surface area contributed by atoms with Crippen LogP contribution in [0.1, 0.15) is 10.4 Å². The topological polar surface area (TPSA) is 101 Å². The Balaban J connectivity index is 3.04. The van der Waals surface area contributed by atoms with Crippen molar-refractivity contribution < 1.29 is 23.3 Å². The lowest BCUT2D eigenvalue weighted by Crippen LogP contribution is -2.35. The average molecular weight is 273 g/mol. The molecule has 102 valence electrons. The smallest absolute Gasteiger partial charge is 0.285 e. The van der Waals surface area contributed by atoms with Crippen LogP contribution in [0.25, 0.3) is 0 Å². The first-order valence-electron chi connectivity index (χ1n) is 4.99. The zero-order valence-electron chi connectivity index (χ0n) is 9.70. The fourth-order valence-electron chi connectivity index (χ4n) is 1.21. The molecule has 0 heterocycles. The normalized spacial score (nSPS) is 9.84. The molecular weight excluding hydrogens is 264 g/mol. The number of nitrogens with one attached hydrogen (secondary N) is 2. The Kier molecular flexibility index (Phi) is 4.46. The quantitative estimate of drug-likeness (QED) is 0.610. The number of nitro benzene ring substituents is 1. The van der Waals surface area contributed by atoms with E-state index in [0.717, 1.165) is 0 Å². The lowest BCUT2D eigenvalue weighted by molar-refractivity contribution is -0.385. The van der Waals surface area contributed by atoms with Gasteiger partial charge >= 0.3 is 0 Å². The molecule has 0 aliphatic heterocycles. The molecule has 19 heavy (non-hydrogen) atoms. The summed E-state index contributed by atoms with van der Waals surface area (Å²) in [4.78, 5) is 32.1. The first-order valence-corrected chi connectivity index (χ1v) is 4.99. The Morgan fingerprint density at radius 3 is 2.42 bits per heavy atom. The van der Waals surface area contributed by atoms with E-state index in [9.17, 15) is 28.5 Å². The summed E-state index contributed by atoms with van der Waals surface area (Å²) in [7, 11) is 1.33. The van der Waals surface area contributed by atoms with E-state index < -0.39 is 46.2 Å². The summed E-state index contributed by atoms with van der Waals surface area (Å²) >= 11 is 0. The SMILES string of the molecule is CNC(=O)CNC(=O)c1cc(F)c(F)cc1[N+](=O)[O-]. The molecule has 0 unspecified atom stereocenters. The molecule has 9 heteroatoms. The van der Waals surface area contributed by atoms with Crippen LogP contribution >= 0.6 is 0 Å². The first kappa shape index (κ1) is 14.5. The molecule has 1 rings (SSSR count). The van der Waals surface area contributed by atoms with Gasteiger partial charge in [0.1, 0.15) is 5.56 Å². The first-order chi connectivity index (χ1) is 8.86. The van der Waals surface area contributed by atoms with E-state index in [-0.39, 0.29) is 0 Å². The van der Waals surface area contributed by atoms with Crippen LogP contribution in [0.4, 0.5) is 14.5 Å². The van der Waals surface area contributed by atoms with Crippen LogP contribution in [-0.4, -0.2) is 30.3 Å². The fourth-order valence-corrected chi connectivity index (χ4v) is 1.21.